The van der Waals surface area contributed by atoms with Crippen molar-refractivity contribution in [2.24, 2.45) is 23.2 Å². The predicted molar refractivity (Wildman–Crippen MR) is 131 cm³/mol. The van der Waals surface area contributed by atoms with E-state index in [0.717, 1.165) is 37.0 Å². The third-order valence-corrected chi connectivity index (χ3v) is 8.94. The first kappa shape index (κ1) is 22.0. The minimum atomic E-state index is -0.321. The van der Waals surface area contributed by atoms with Gasteiger partial charge in [0.05, 0.1) is 16.4 Å². The summed E-state index contributed by atoms with van der Waals surface area (Å²) in [5.74, 6) is 2.45. The Balaban J connectivity index is 1.32. The summed E-state index contributed by atoms with van der Waals surface area (Å²) >= 11 is 6.70. The number of hydrogen-bond acceptors (Lipinski definition) is 5. The lowest BCUT2D eigenvalue weighted by atomic mass is 9.49. The van der Waals surface area contributed by atoms with E-state index in [0.29, 0.717) is 27.0 Å². The topological polar surface area (TPSA) is 58.6 Å². The standard InChI is InChI=1S/C25H30N2O3S2/c1-3-15(2)30-20-7-5-4-6-19(20)11-21-22(28)27(24(31)32-21)26-23(29)25-12-16-8-17(13-25)10-18(9-16)14-25/h4-7,11,15-18H,3,8-10,12-14H2,1-2H3,(H,26,29)/b21-11+/t15-,16?,17?,18?,25?/m0/s1. The van der Waals surface area contributed by atoms with Gasteiger partial charge in [-0.15, -0.1) is 0 Å². The molecule has 7 heteroatoms. The van der Waals surface area contributed by atoms with E-state index in [2.05, 4.69) is 12.3 Å². The van der Waals surface area contributed by atoms with Gasteiger partial charge in [0.25, 0.3) is 5.91 Å². The summed E-state index contributed by atoms with van der Waals surface area (Å²) in [6, 6.07) is 7.68. The first-order valence-electron chi connectivity index (χ1n) is 11.7. The molecular weight excluding hydrogens is 440 g/mol. The smallest absolute Gasteiger partial charge is 0.285 e. The van der Waals surface area contributed by atoms with Gasteiger partial charge in [-0.3, -0.25) is 15.0 Å². The number of thioether (sulfide) groups is 1. The Morgan fingerprint density at radius 1 is 1.25 bits per heavy atom. The Morgan fingerprint density at radius 3 is 2.50 bits per heavy atom. The summed E-state index contributed by atoms with van der Waals surface area (Å²) in [4.78, 5) is 27.1. The Bertz CT molecular complexity index is 954. The number of hydrazine groups is 1. The molecular formula is C25H30N2O3S2. The van der Waals surface area contributed by atoms with Crippen LogP contribution < -0.4 is 10.2 Å². The van der Waals surface area contributed by atoms with Crippen molar-refractivity contribution in [1.82, 2.24) is 10.4 Å². The highest BCUT2D eigenvalue weighted by Gasteiger charge is 2.55. The molecule has 1 aliphatic heterocycles. The number of hydrogen-bond donors (Lipinski definition) is 1. The lowest BCUT2D eigenvalue weighted by Crippen LogP contribution is -2.57. The highest BCUT2D eigenvalue weighted by molar-refractivity contribution is 8.26. The quantitative estimate of drug-likeness (QED) is 0.451. The number of carbonyl (C=O) groups is 2. The summed E-state index contributed by atoms with van der Waals surface area (Å²) in [7, 11) is 0. The van der Waals surface area contributed by atoms with Crippen LogP contribution in [-0.2, 0) is 9.59 Å². The molecule has 0 spiro atoms. The lowest BCUT2D eigenvalue weighted by Gasteiger charge is -2.55. The van der Waals surface area contributed by atoms with Gasteiger partial charge in [-0.1, -0.05) is 36.9 Å². The van der Waals surface area contributed by atoms with Crippen LogP contribution >= 0.6 is 24.0 Å². The fourth-order valence-corrected chi connectivity index (χ4v) is 7.49. The molecule has 0 radical (unpaired) electrons. The highest BCUT2D eigenvalue weighted by atomic mass is 32.2. The molecule has 1 aromatic carbocycles. The molecule has 4 aliphatic carbocycles. The Hall–Kier alpha value is -1.86. The summed E-state index contributed by atoms with van der Waals surface area (Å²) in [5.41, 5.74) is 3.43. The second-order valence-corrected chi connectivity index (χ2v) is 11.7. The van der Waals surface area contributed by atoms with E-state index in [9.17, 15) is 9.59 Å². The molecule has 1 heterocycles. The molecule has 1 aromatic rings. The van der Waals surface area contributed by atoms with Crippen molar-refractivity contribution >= 4 is 46.2 Å². The zero-order valence-corrected chi connectivity index (χ0v) is 20.3. The van der Waals surface area contributed by atoms with Crippen molar-refractivity contribution in [1.29, 1.82) is 0 Å². The van der Waals surface area contributed by atoms with Crippen molar-refractivity contribution in [3.8, 4) is 5.75 Å². The monoisotopic (exact) mass is 470 g/mol. The van der Waals surface area contributed by atoms with E-state index in [1.165, 1.54) is 36.0 Å². The molecule has 0 aromatic heterocycles. The molecule has 0 unspecified atom stereocenters. The van der Waals surface area contributed by atoms with E-state index in [1.807, 2.05) is 37.3 Å². The van der Waals surface area contributed by atoms with Crippen molar-refractivity contribution in [3.05, 3.63) is 34.7 Å². The number of ether oxygens (including phenoxy) is 1. The number of nitrogens with zero attached hydrogens (tertiary/aromatic N) is 1. The van der Waals surface area contributed by atoms with Crippen LogP contribution in [0, 0.1) is 23.2 Å². The highest BCUT2D eigenvalue weighted by Crippen LogP contribution is 2.60. The summed E-state index contributed by atoms with van der Waals surface area (Å²) < 4.78 is 6.39. The maximum atomic E-state index is 13.4. The molecule has 5 nitrogen and oxygen atoms in total. The fraction of sp³-hybridized carbons (Fsp3) is 0.560. The van der Waals surface area contributed by atoms with E-state index in [4.69, 9.17) is 17.0 Å². The maximum Gasteiger partial charge on any atom is 0.285 e. The Kier molecular flexibility index (Phi) is 5.82. The molecule has 4 bridgehead atoms. The molecule has 5 aliphatic rings. The number of rotatable bonds is 6. The average molecular weight is 471 g/mol. The summed E-state index contributed by atoms with van der Waals surface area (Å²) in [6.07, 6.45) is 9.47. The van der Waals surface area contributed by atoms with Gasteiger partial charge < -0.3 is 4.74 Å². The zero-order valence-electron chi connectivity index (χ0n) is 18.6. The van der Waals surface area contributed by atoms with Gasteiger partial charge in [-0.2, -0.15) is 5.01 Å². The van der Waals surface area contributed by atoms with E-state index < -0.39 is 0 Å². The summed E-state index contributed by atoms with van der Waals surface area (Å²) in [5, 5.41) is 1.28. The SMILES string of the molecule is CC[C@H](C)Oc1ccccc1/C=C1/SC(=S)N(NC(=O)C23CC4CC(CC(C4)C2)C3)C1=O. The number of carbonyl (C=O) groups excluding carboxylic acids is 2. The molecule has 6 rings (SSSR count). The van der Waals surface area contributed by atoms with Crippen molar-refractivity contribution in [3.63, 3.8) is 0 Å². The van der Waals surface area contributed by atoms with Gasteiger partial charge in [0.1, 0.15) is 5.75 Å². The molecule has 1 N–H and O–H groups in total. The van der Waals surface area contributed by atoms with Crippen LogP contribution in [0.25, 0.3) is 6.08 Å². The molecule has 32 heavy (non-hydrogen) atoms. The average Bonchev–Trinajstić information content (AvgIpc) is 3.01. The van der Waals surface area contributed by atoms with Gasteiger partial charge in [-0.25, -0.2) is 0 Å². The third kappa shape index (κ3) is 3.98. The second kappa shape index (κ2) is 8.49. The largest absolute Gasteiger partial charge is 0.490 e. The van der Waals surface area contributed by atoms with Gasteiger partial charge in [0, 0.05) is 5.56 Å². The first-order chi connectivity index (χ1) is 15.4. The number of para-hydroxylation sites is 1. The second-order valence-electron chi connectivity index (χ2n) is 10.0. The summed E-state index contributed by atoms with van der Waals surface area (Å²) in [6.45, 7) is 4.10. The molecule has 1 atom stereocenters. The third-order valence-electron chi connectivity index (χ3n) is 7.64. The molecule has 1 saturated heterocycles. The number of thiocarbonyl (C=S) groups is 1. The van der Waals surface area contributed by atoms with E-state index in [-0.39, 0.29) is 23.3 Å². The molecule has 170 valence electrons. The van der Waals surface area contributed by atoms with E-state index in [1.54, 1.807) is 0 Å². The van der Waals surface area contributed by atoms with Crippen LogP contribution in [0.2, 0.25) is 0 Å². The van der Waals surface area contributed by atoms with Crippen LogP contribution in [0.5, 0.6) is 5.75 Å². The van der Waals surface area contributed by atoms with Gasteiger partial charge >= 0.3 is 0 Å². The van der Waals surface area contributed by atoms with Crippen molar-refractivity contribution in [2.45, 2.75) is 64.9 Å². The van der Waals surface area contributed by atoms with Crippen LogP contribution in [0.3, 0.4) is 0 Å². The predicted octanol–water partition coefficient (Wildman–Crippen LogP) is 5.31. The van der Waals surface area contributed by atoms with Gasteiger partial charge in [0.15, 0.2) is 4.32 Å². The van der Waals surface area contributed by atoms with E-state index >= 15 is 0 Å². The number of nitrogens with one attached hydrogen (secondary N) is 1. The minimum absolute atomic E-state index is 0.0188. The van der Waals surface area contributed by atoms with Crippen molar-refractivity contribution < 1.29 is 14.3 Å². The Morgan fingerprint density at radius 2 is 1.88 bits per heavy atom. The lowest BCUT2D eigenvalue weighted by molar-refractivity contribution is -0.152. The van der Waals surface area contributed by atoms with Crippen LogP contribution in [0.4, 0.5) is 0 Å². The van der Waals surface area contributed by atoms with Crippen LogP contribution in [0.15, 0.2) is 29.2 Å². The molecule has 4 saturated carbocycles. The first-order valence-corrected chi connectivity index (χ1v) is 12.9. The van der Waals surface area contributed by atoms with Crippen LogP contribution in [0.1, 0.15) is 64.4 Å². The van der Waals surface area contributed by atoms with Gasteiger partial charge in [-0.05, 0) is 94.0 Å². The molecule has 2 amide bonds. The zero-order chi connectivity index (χ0) is 22.5. The van der Waals surface area contributed by atoms with Gasteiger partial charge in [0.2, 0.25) is 5.91 Å². The Labute approximate surface area is 199 Å². The minimum Gasteiger partial charge on any atom is -0.490 e. The van der Waals surface area contributed by atoms with Crippen molar-refractivity contribution in [2.75, 3.05) is 0 Å². The normalized spacial score (nSPS) is 33.1. The molecule has 5 fully saturated rings. The maximum absolute atomic E-state index is 13.4. The number of amides is 2. The van der Waals surface area contributed by atoms with Crippen LogP contribution in [-0.4, -0.2) is 27.2 Å². The fourth-order valence-electron chi connectivity index (χ4n) is 6.32. The number of benzene rings is 1.